The maximum atomic E-state index is 8.84. The molecule has 14 heavy (non-hydrogen) atoms. The van der Waals surface area contributed by atoms with Crippen molar-refractivity contribution in [3.05, 3.63) is 33.8 Å². The summed E-state index contributed by atoms with van der Waals surface area (Å²) < 4.78 is 0. The molecule has 0 fully saturated rings. The zero-order valence-corrected chi connectivity index (χ0v) is 9.22. The molecule has 0 aliphatic rings. The largest absolute Gasteiger partial charge is 0.396 e. The van der Waals surface area contributed by atoms with E-state index in [0.29, 0.717) is 23.0 Å². The summed E-state index contributed by atoms with van der Waals surface area (Å²) in [6, 6.07) is 5.44. The molecule has 0 bridgehead atoms. The van der Waals surface area contributed by atoms with Crippen molar-refractivity contribution >= 4 is 23.2 Å². The lowest BCUT2D eigenvalue weighted by Crippen LogP contribution is -2.13. The molecule has 0 aromatic heterocycles. The highest BCUT2D eigenvalue weighted by Gasteiger charge is 2.10. The summed E-state index contributed by atoms with van der Waals surface area (Å²) in [5.74, 6) is 0.148. The van der Waals surface area contributed by atoms with Crippen LogP contribution in [-0.4, -0.2) is 18.3 Å². The Balaban J connectivity index is 2.88. The predicted octanol–water partition coefficient (Wildman–Crippen LogP) is 2.42. The highest BCUT2D eigenvalue weighted by Crippen LogP contribution is 2.27. The summed E-state index contributed by atoms with van der Waals surface area (Å²) in [5.41, 5.74) is 6.62. The molecule has 0 radical (unpaired) electrons. The Hall–Kier alpha value is -0.280. The molecule has 1 aromatic rings. The maximum absolute atomic E-state index is 8.84. The van der Waals surface area contributed by atoms with Crippen LogP contribution in [0.2, 0.25) is 10.0 Å². The van der Waals surface area contributed by atoms with Crippen LogP contribution in [0.5, 0.6) is 0 Å². The molecule has 78 valence electrons. The SMILES string of the molecule is NC[C@@H](CCO)c1ccc(Cl)c(Cl)c1. The Morgan fingerprint density at radius 1 is 1.29 bits per heavy atom. The summed E-state index contributed by atoms with van der Waals surface area (Å²) in [5, 5.41) is 9.90. The Kier molecular flexibility index (Phi) is 4.69. The first-order chi connectivity index (χ1) is 6.69. The third-order valence-corrected chi connectivity index (χ3v) is 2.92. The van der Waals surface area contributed by atoms with Crippen LogP contribution in [-0.2, 0) is 0 Å². The highest BCUT2D eigenvalue weighted by atomic mass is 35.5. The number of aliphatic hydroxyl groups is 1. The molecule has 1 rings (SSSR count). The average Bonchev–Trinajstić information content (AvgIpc) is 2.19. The van der Waals surface area contributed by atoms with E-state index >= 15 is 0 Å². The summed E-state index contributed by atoms with van der Waals surface area (Å²) in [6.45, 7) is 0.626. The smallest absolute Gasteiger partial charge is 0.0595 e. The number of hydrogen-bond acceptors (Lipinski definition) is 2. The molecule has 3 N–H and O–H groups in total. The quantitative estimate of drug-likeness (QED) is 0.840. The van der Waals surface area contributed by atoms with Crippen LogP contribution < -0.4 is 5.73 Å². The lowest BCUT2D eigenvalue weighted by Gasteiger charge is -2.14. The zero-order chi connectivity index (χ0) is 10.6. The van der Waals surface area contributed by atoms with Crippen LogP contribution in [0.3, 0.4) is 0 Å². The lowest BCUT2D eigenvalue weighted by atomic mass is 9.96. The minimum absolute atomic E-state index is 0.127. The Bertz CT molecular complexity index is 304. The van der Waals surface area contributed by atoms with Gasteiger partial charge in [0, 0.05) is 6.61 Å². The van der Waals surface area contributed by atoms with Crippen LogP contribution in [0.15, 0.2) is 18.2 Å². The van der Waals surface area contributed by atoms with Crippen molar-refractivity contribution in [2.75, 3.05) is 13.2 Å². The van der Waals surface area contributed by atoms with Crippen molar-refractivity contribution in [3.63, 3.8) is 0 Å². The summed E-state index contributed by atoms with van der Waals surface area (Å²) >= 11 is 11.7. The molecule has 0 saturated carbocycles. The van der Waals surface area contributed by atoms with Crippen molar-refractivity contribution in [1.29, 1.82) is 0 Å². The Labute approximate surface area is 93.6 Å². The van der Waals surface area contributed by atoms with Gasteiger partial charge in [0.2, 0.25) is 0 Å². The molecule has 0 unspecified atom stereocenters. The van der Waals surface area contributed by atoms with E-state index in [4.69, 9.17) is 34.0 Å². The number of nitrogens with two attached hydrogens (primary N) is 1. The van der Waals surface area contributed by atoms with Crippen molar-refractivity contribution < 1.29 is 5.11 Å². The van der Waals surface area contributed by atoms with Crippen molar-refractivity contribution in [3.8, 4) is 0 Å². The number of hydrogen-bond donors (Lipinski definition) is 2. The Morgan fingerprint density at radius 3 is 2.50 bits per heavy atom. The Morgan fingerprint density at radius 2 is 2.00 bits per heavy atom. The fraction of sp³-hybridized carbons (Fsp3) is 0.400. The second kappa shape index (κ2) is 5.56. The van der Waals surface area contributed by atoms with Crippen LogP contribution >= 0.6 is 23.2 Å². The normalized spacial score (nSPS) is 12.9. The van der Waals surface area contributed by atoms with Crippen LogP contribution in [0.25, 0.3) is 0 Å². The maximum Gasteiger partial charge on any atom is 0.0595 e. The highest BCUT2D eigenvalue weighted by molar-refractivity contribution is 6.42. The molecule has 4 heteroatoms. The molecule has 0 spiro atoms. The molecule has 0 aliphatic carbocycles. The van der Waals surface area contributed by atoms with Crippen LogP contribution in [0.1, 0.15) is 17.9 Å². The number of benzene rings is 1. The monoisotopic (exact) mass is 233 g/mol. The van der Waals surface area contributed by atoms with E-state index < -0.39 is 0 Å². The van der Waals surface area contributed by atoms with Gasteiger partial charge in [-0.1, -0.05) is 29.3 Å². The summed E-state index contributed by atoms with van der Waals surface area (Å²) in [6.07, 6.45) is 0.647. The van der Waals surface area contributed by atoms with Gasteiger partial charge < -0.3 is 10.8 Å². The molecule has 1 aromatic carbocycles. The standard InChI is InChI=1S/C10H13Cl2NO/c11-9-2-1-7(5-10(9)12)8(6-13)3-4-14/h1-2,5,8,14H,3-4,6,13H2/t8-/m1/s1. The first kappa shape index (κ1) is 11.8. The summed E-state index contributed by atoms with van der Waals surface area (Å²) in [4.78, 5) is 0. The van der Waals surface area contributed by atoms with Gasteiger partial charge in [0.05, 0.1) is 10.0 Å². The first-order valence-corrected chi connectivity index (χ1v) is 5.20. The van der Waals surface area contributed by atoms with Gasteiger partial charge in [-0.3, -0.25) is 0 Å². The van der Waals surface area contributed by atoms with Gasteiger partial charge in [-0.05, 0) is 36.6 Å². The van der Waals surface area contributed by atoms with Crippen molar-refractivity contribution in [2.24, 2.45) is 5.73 Å². The second-order valence-electron chi connectivity index (χ2n) is 3.12. The molecule has 0 amide bonds. The molecule has 0 saturated heterocycles. The molecule has 0 heterocycles. The van der Waals surface area contributed by atoms with Crippen molar-refractivity contribution in [2.45, 2.75) is 12.3 Å². The number of halogens is 2. The van der Waals surface area contributed by atoms with E-state index in [9.17, 15) is 0 Å². The molecular weight excluding hydrogens is 221 g/mol. The third kappa shape index (κ3) is 2.85. The van der Waals surface area contributed by atoms with Crippen LogP contribution in [0.4, 0.5) is 0 Å². The van der Waals surface area contributed by atoms with Gasteiger partial charge in [-0.15, -0.1) is 0 Å². The molecule has 0 aliphatic heterocycles. The van der Waals surface area contributed by atoms with Gasteiger partial charge in [0.15, 0.2) is 0 Å². The van der Waals surface area contributed by atoms with E-state index in [2.05, 4.69) is 0 Å². The van der Waals surface area contributed by atoms with Gasteiger partial charge in [0.1, 0.15) is 0 Å². The zero-order valence-electron chi connectivity index (χ0n) is 7.71. The topological polar surface area (TPSA) is 46.2 Å². The van der Waals surface area contributed by atoms with Gasteiger partial charge in [-0.2, -0.15) is 0 Å². The van der Waals surface area contributed by atoms with Gasteiger partial charge in [-0.25, -0.2) is 0 Å². The molecule has 1 atom stereocenters. The van der Waals surface area contributed by atoms with Gasteiger partial charge in [0.25, 0.3) is 0 Å². The average molecular weight is 234 g/mol. The predicted molar refractivity (Wildman–Crippen MR) is 60.0 cm³/mol. The molecule has 2 nitrogen and oxygen atoms in total. The van der Waals surface area contributed by atoms with E-state index in [-0.39, 0.29) is 12.5 Å². The number of rotatable bonds is 4. The first-order valence-electron chi connectivity index (χ1n) is 4.45. The third-order valence-electron chi connectivity index (χ3n) is 2.18. The van der Waals surface area contributed by atoms with Gasteiger partial charge >= 0.3 is 0 Å². The van der Waals surface area contributed by atoms with E-state index in [1.807, 2.05) is 6.07 Å². The lowest BCUT2D eigenvalue weighted by molar-refractivity contribution is 0.276. The van der Waals surface area contributed by atoms with Crippen LogP contribution in [0, 0.1) is 0 Å². The van der Waals surface area contributed by atoms with E-state index in [1.54, 1.807) is 12.1 Å². The molecular formula is C10H13Cl2NO. The van der Waals surface area contributed by atoms with E-state index in [0.717, 1.165) is 5.56 Å². The minimum atomic E-state index is 0.127. The minimum Gasteiger partial charge on any atom is -0.396 e. The van der Waals surface area contributed by atoms with Crippen molar-refractivity contribution in [1.82, 2.24) is 0 Å². The second-order valence-corrected chi connectivity index (χ2v) is 3.93. The summed E-state index contributed by atoms with van der Waals surface area (Å²) in [7, 11) is 0. The van der Waals surface area contributed by atoms with E-state index in [1.165, 1.54) is 0 Å². The fourth-order valence-corrected chi connectivity index (χ4v) is 1.65. The number of aliphatic hydroxyl groups excluding tert-OH is 1. The fourth-order valence-electron chi connectivity index (χ4n) is 1.34.